The van der Waals surface area contributed by atoms with E-state index < -0.39 is 12.0 Å². The maximum atomic E-state index is 11.9. The highest BCUT2D eigenvalue weighted by Crippen LogP contribution is 2.21. The van der Waals surface area contributed by atoms with Crippen LogP contribution >= 0.6 is 15.9 Å². The lowest BCUT2D eigenvalue weighted by Gasteiger charge is -2.10. The van der Waals surface area contributed by atoms with E-state index in [4.69, 9.17) is 5.11 Å². The molecule has 1 heterocycles. The Labute approximate surface area is 129 Å². The number of carboxylic acid groups (broad SMARTS) is 1. The fourth-order valence-corrected chi connectivity index (χ4v) is 2.06. The van der Waals surface area contributed by atoms with Crippen molar-refractivity contribution in [1.82, 2.24) is 4.98 Å². The van der Waals surface area contributed by atoms with Gasteiger partial charge in [0.15, 0.2) is 0 Å². The highest BCUT2D eigenvalue weighted by atomic mass is 79.9. The summed E-state index contributed by atoms with van der Waals surface area (Å²) < 4.78 is 0.448. The van der Waals surface area contributed by atoms with Crippen LogP contribution in [0.3, 0.4) is 0 Å². The van der Waals surface area contributed by atoms with Gasteiger partial charge in [0.2, 0.25) is 0 Å². The molecule has 0 aliphatic rings. The van der Waals surface area contributed by atoms with Crippen LogP contribution < -0.4 is 10.6 Å². The zero-order chi connectivity index (χ0) is 15.4. The van der Waals surface area contributed by atoms with Crippen molar-refractivity contribution in [3.05, 3.63) is 52.3 Å². The number of halogens is 1. The predicted molar refractivity (Wildman–Crippen MR) is 82.7 cm³/mol. The molecule has 108 valence electrons. The molecule has 2 amide bonds. The van der Waals surface area contributed by atoms with Crippen LogP contribution in [0.2, 0.25) is 0 Å². The number of aromatic nitrogens is 1. The molecule has 21 heavy (non-hydrogen) atoms. The molecule has 3 N–H and O–H groups in total. The third-order valence-corrected chi connectivity index (χ3v) is 3.43. The van der Waals surface area contributed by atoms with E-state index in [1.807, 2.05) is 6.92 Å². The van der Waals surface area contributed by atoms with E-state index in [0.717, 1.165) is 5.56 Å². The Morgan fingerprint density at radius 3 is 2.67 bits per heavy atom. The summed E-state index contributed by atoms with van der Waals surface area (Å²) in [5.41, 5.74) is 1.92. The lowest BCUT2D eigenvalue weighted by atomic mass is 10.2. The number of anilines is 2. The molecule has 0 unspecified atom stereocenters. The van der Waals surface area contributed by atoms with E-state index in [1.54, 1.807) is 30.6 Å². The number of hydrogen-bond acceptors (Lipinski definition) is 3. The number of amides is 2. The molecule has 1 aromatic heterocycles. The Bertz CT molecular complexity index is 704. The zero-order valence-corrected chi connectivity index (χ0v) is 12.6. The average molecular weight is 350 g/mol. The highest BCUT2D eigenvalue weighted by Gasteiger charge is 2.11. The van der Waals surface area contributed by atoms with Crippen molar-refractivity contribution < 1.29 is 14.7 Å². The van der Waals surface area contributed by atoms with Crippen molar-refractivity contribution >= 4 is 39.3 Å². The van der Waals surface area contributed by atoms with Crippen molar-refractivity contribution in [3.8, 4) is 0 Å². The first-order valence-corrected chi connectivity index (χ1v) is 6.78. The summed E-state index contributed by atoms with van der Waals surface area (Å²) in [6.07, 6.45) is 3.17. The van der Waals surface area contributed by atoms with Gasteiger partial charge in [-0.15, -0.1) is 0 Å². The van der Waals surface area contributed by atoms with Gasteiger partial charge in [0.25, 0.3) is 0 Å². The molecule has 7 heteroatoms. The second-order valence-electron chi connectivity index (χ2n) is 4.27. The van der Waals surface area contributed by atoms with Crippen LogP contribution in [0, 0.1) is 6.92 Å². The second-order valence-corrected chi connectivity index (χ2v) is 5.12. The van der Waals surface area contributed by atoms with E-state index in [2.05, 4.69) is 31.5 Å². The third-order valence-electron chi connectivity index (χ3n) is 2.74. The molecule has 0 radical (unpaired) electrons. The lowest BCUT2D eigenvalue weighted by Crippen LogP contribution is -2.20. The number of carbonyl (C=O) groups is 2. The van der Waals surface area contributed by atoms with E-state index in [0.29, 0.717) is 15.8 Å². The topological polar surface area (TPSA) is 91.3 Å². The largest absolute Gasteiger partial charge is 0.478 e. The fraction of sp³-hybridized carbons (Fsp3) is 0.0714. The maximum absolute atomic E-state index is 11.9. The summed E-state index contributed by atoms with van der Waals surface area (Å²) in [6, 6.07) is 5.85. The number of carbonyl (C=O) groups excluding carboxylic acids is 1. The van der Waals surface area contributed by atoms with Gasteiger partial charge in [-0.2, -0.15) is 0 Å². The first kappa shape index (κ1) is 15.0. The quantitative estimate of drug-likeness (QED) is 0.790. The van der Waals surface area contributed by atoms with Crippen LogP contribution in [-0.2, 0) is 0 Å². The molecular formula is C14H12BrN3O3. The molecule has 6 nitrogen and oxygen atoms in total. The maximum Gasteiger partial charge on any atom is 0.336 e. The number of aromatic carboxylic acids is 1. The molecule has 0 saturated heterocycles. The standard InChI is InChI=1S/C14H12BrN3O3/c1-8-4-5-16-7-12(8)18-14(21)17-9-2-3-11(15)10(6-9)13(19)20/h2-7H,1H3,(H,19,20)(H2,17,18,21). The van der Waals surface area contributed by atoms with Crippen LogP contribution in [0.15, 0.2) is 41.1 Å². The second kappa shape index (κ2) is 6.36. The zero-order valence-electron chi connectivity index (χ0n) is 11.1. The average Bonchev–Trinajstić information content (AvgIpc) is 2.43. The van der Waals surface area contributed by atoms with E-state index in [-0.39, 0.29) is 5.56 Å². The number of pyridine rings is 1. The number of carboxylic acids is 1. The summed E-state index contributed by atoms with van der Waals surface area (Å²) in [5, 5.41) is 14.3. The molecule has 0 aliphatic heterocycles. The predicted octanol–water partition coefficient (Wildman–Crippen LogP) is 3.49. The Balaban J connectivity index is 2.12. The van der Waals surface area contributed by atoms with E-state index in [9.17, 15) is 9.59 Å². The van der Waals surface area contributed by atoms with Crippen molar-refractivity contribution in [2.24, 2.45) is 0 Å². The minimum absolute atomic E-state index is 0.0744. The number of aryl methyl sites for hydroxylation is 1. The van der Waals surface area contributed by atoms with E-state index >= 15 is 0 Å². The van der Waals surface area contributed by atoms with Gasteiger partial charge in [0.05, 0.1) is 17.4 Å². The summed E-state index contributed by atoms with van der Waals surface area (Å²) in [7, 11) is 0. The van der Waals surface area contributed by atoms with Gasteiger partial charge in [-0.1, -0.05) is 0 Å². The third kappa shape index (κ3) is 3.79. The molecule has 1 aromatic carbocycles. The molecule has 0 bridgehead atoms. The number of nitrogens with zero attached hydrogens (tertiary/aromatic N) is 1. The van der Waals surface area contributed by atoms with Crippen molar-refractivity contribution in [1.29, 1.82) is 0 Å². The number of hydrogen-bond donors (Lipinski definition) is 3. The number of benzene rings is 1. The summed E-state index contributed by atoms with van der Waals surface area (Å²) in [4.78, 5) is 26.8. The van der Waals surface area contributed by atoms with Gasteiger partial charge in [0.1, 0.15) is 0 Å². The Morgan fingerprint density at radius 1 is 1.24 bits per heavy atom. The Hall–Kier alpha value is -2.41. The van der Waals surface area contributed by atoms with Crippen molar-refractivity contribution in [2.75, 3.05) is 10.6 Å². The van der Waals surface area contributed by atoms with Gasteiger partial charge in [0, 0.05) is 16.4 Å². The van der Waals surface area contributed by atoms with Gasteiger partial charge >= 0.3 is 12.0 Å². The van der Waals surface area contributed by atoms with Gasteiger partial charge < -0.3 is 15.7 Å². The molecule has 0 fully saturated rings. The number of nitrogens with one attached hydrogen (secondary N) is 2. The minimum atomic E-state index is -1.07. The summed E-state index contributed by atoms with van der Waals surface area (Å²) in [5.74, 6) is -1.07. The summed E-state index contributed by atoms with van der Waals surface area (Å²) >= 11 is 3.14. The lowest BCUT2D eigenvalue weighted by molar-refractivity contribution is 0.0696. The van der Waals surface area contributed by atoms with Gasteiger partial charge in [-0.25, -0.2) is 9.59 Å². The normalized spacial score (nSPS) is 10.0. The van der Waals surface area contributed by atoms with Crippen molar-refractivity contribution in [3.63, 3.8) is 0 Å². The van der Waals surface area contributed by atoms with Crippen LogP contribution in [-0.4, -0.2) is 22.1 Å². The van der Waals surface area contributed by atoms with Crippen LogP contribution in [0.4, 0.5) is 16.2 Å². The van der Waals surface area contributed by atoms with Crippen molar-refractivity contribution in [2.45, 2.75) is 6.92 Å². The smallest absolute Gasteiger partial charge is 0.336 e. The van der Waals surface area contributed by atoms with Crippen LogP contribution in [0.5, 0.6) is 0 Å². The molecule has 2 aromatic rings. The van der Waals surface area contributed by atoms with E-state index in [1.165, 1.54) is 6.07 Å². The molecule has 0 atom stereocenters. The first-order valence-electron chi connectivity index (χ1n) is 5.99. The van der Waals surface area contributed by atoms with Crippen LogP contribution in [0.1, 0.15) is 15.9 Å². The highest BCUT2D eigenvalue weighted by molar-refractivity contribution is 9.10. The minimum Gasteiger partial charge on any atom is -0.478 e. The molecular weight excluding hydrogens is 338 g/mol. The SMILES string of the molecule is Cc1ccncc1NC(=O)Nc1ccc(Br)c(C(=O)O)c1. The number of rotatable bonds is 3. The molecule has 0 spiro atoms. The molecule has 0 saturated carbocycles. The monoisotopic (exact) mass is 349 g/mol. The number of urea groups is 1. The van der Waals surface area contributed by atoms with Gasteiger partial charge in [-0.05, 0) is 52.7 Å². The van der Waals surface area contributed by atoms with Crippen LogP contribution in [0.25, 0.3) is 0 Å². The van der Waals surface area contributed by atoms with Gasteiger partial charge in [-0.3, -0.25) is 4.98 Å². The Kier molecular flexibility index (Phi) is 4.54. The fourth-order valence-electron chi connectivity index (χ4n) is 1.65. The first-order chi connectivity index (χ1) is 9.97. The molecule has 2 rings (SSSR count). The molecule has 0 aliphatic carbocycles. The Morgan fingerprint density at radius 2 is 2.00 bits per heavy atom. The summed E-state index contributed by atoms with van der Waals surface area (Å²) in [6.45, 7) is 1.85.